The molecule has 0 aliphatic carbocycles. The molecule has 1 rings (SSSR count). The Balaban J connectivity index is 2.74. The highest BCUT2D eigenvalue weighted by atomic mass is 35.5. The van der Waals surface area contributed by atoms with Crippen LogP contribution in [0.15, 0.2) is 12.1 Å². The lowest BCUT2D eigenvalue weighted by atomic mass is 10.3. The fourth-order valence-corrected chi connectivity index (χ4v) is 1.75. The van der Waals surface area contributed by atoms with Gasteiger partial charge in [0.05, 0.1) is 22.3 Å². The third-order valence-electron chi connectivity index (χ3n) is 1.98. The van der Waals surface area contributed by atoms with Crippen molar-refractivity contribution in [2.75, 3.05) is 26.1 Å². The van der Waals surface area contributed by atoms with E-state index in [1.165, 1.54) is 26.4 Å². The lowest BCUT2D eigenvalue weighted by Crippen LogP contribution is -2.23. The van der Waals surface area contributed by atoms with Gasteiger partial charge in [0.2, 0.25) is 0 Å². The van der Waals surface area contributed by atoms with Crippen LogP contribution in [0.1, 0.15) is 0 Å². The van der Waals surface area contributed by atoms with E-state index in [2.05, 4.69) is 5.32 Å². The van der Waals surface area contributed by atoms with Gasteiger partial charge in [-0.15, -0.1) is 0 Å². The lowest BCUT2D eigenvalue weighted by Gasteiger charge is -2.16. The molecular weight excluding hydrogens is 256 g/mol. The van der Waals surface area contributed by atoms with Gasteiger partial charge in [-0.05, 0) is 12.1 Å². The molecule has 0 amide bonds. The molecule has 1 N–H and O–H groups in total. The number of nitrogens with one attached hydrogen (secondary N) is 1. The van der Waals surface area contributed by atoms with Crippen LogP contribution in [0.4, 0.5) is 10.1 Å². The summed E-state index contributed by atoms with van der Waals surface area (Å²) < 4.78 is 22.9. The van der Waals surface area contributed by atoms with Crippen LogP contribution in [0.2, 0.25) is 10.0 Å². The normalized spacial score (nSPS) is 10.9. The average molecular weight is 268 g/mol. The summed E-state index contributed by atoms with van der Waals surface area (Å²) in [7, 11) is 3.04. The Hall–Kier alpha value is -0.550. The van der Waals surface area contributed by atoms with Gasteiger partial charge in [-0.3, -0.25) is 0 Å². The van der Waals surface area contributed by atoms with Gasteiger partial charge < -0.3 is 14.8 Å². The molecule has 0 saturated carbocycles. The molecule has 0 atom stereocenters. The molecule has 0 fully saturated rings. The highest BCUT2D eigenvalue weighted by molar-refractivity contribution is 6.39. The van der Waals surface area contributed by atoms with E-state index in [9.17, 15) is 4.39 Å². The summed E-state index contributed by atoms with van der Waals surface area (Å²) in [6.45, 7) is 0.359. The van der Waals surface area contributed by atoms with Crippen molar-refractivity contribution in [3.8, 4) is 0 Å². The smallest absolute Gasteiger partial charge is 0.173 e. The molecule has 0 radical (unpaired) electrons. The maximum atomic E-state index is 12.9. The summed E-state index contributed by atoms with van der Waals surface area (Å²) in [5.41, 5.74) is 0.462. The van der Waals surface area contributed by atoms with Gasteiger partial charge in [-0.1, -0.05) is 23.2 Å². The van der Waals surface area contributed by atoms with Gasteiger partial charge in [-0.2, -0.15) is 0 Å². The largest absolute Gasteiger partial charge is 0.378 e. The maximum Gasteiger partial charge on any atom is 0.173 e. The Labute approximate surface area is 103 Å². The quantitative estimate of drug-likeness (QED) is 0.832. The van der Waals surface area contributed by atoms with Crippen molar-refractivity contribution in [1.29, 1.82) is 0 Å². The molecule has 0 bridgehead atoms. The van der Waals surface area contributed by atoms with Crippen LogP contribution in [0.25, 0.3) is 0 Å². The molecule has 6 heteroatoms. The molecule has 0 heterocycles. The van der Waals surface area contributed by atoms with Crippen molar-refractivity contribution in [2.24, 2.45) is 0 Å². The summed E-state index contributed by atoms with van der Waals surface area (Å²) in [4.78, 5) is 0. The van der Waals surface area contributed by atoms with Crippen LogP contribution < -0.4 is 5.32 Å². The molecule has 0 aliphatic rings. The van der Waals surface area contributed by atoms with Gasteiger partial charge in [0.25, 0.3) is 0 Å². The number of anilines is 1. The minimum Gasteiger partial charge on any atom is -0.378 e. The lowest BCUT2D eigenvalue weighted by molar-refractivity contribution is -0.0914. The minimum atomic E-state index is -0.476. The van der Waals surface area contributed by atoms with Crippen molar-refractivity contribution in [3.63, 3.8) is 0 Å². The number of rotatable bonds is 5. The van der Waals surface area contributed by atoms with Crippen molar-refractivity contribution < 1.29 is 13.9 Å². The zero-order valence-electron chi connectivity index (χ0n) is 8.89. The van der Waals surface area contributed by atoms with Crippen molar-refractivity contribution in [2.45, 2.75) is 6.29 Å². The predicted octanol–water partition coefficient (Wildman–Crippen LogP) is 3.16. The Morgan fingerprint density at radius 2 is 1.75 bits per heavy atom. The van der Waals surface area contributed by atoms with Crippen molar-refractivity contribution in [3.05, 3.63) is 28.0 Å². The third kappa shape index (κ3) is 3.49. The molecule has 0 aromatic heterocycles. The van der Waals surface area contributed by atoms with E-state index in [4.69, 9.17) is 32.7 Å². The Morgan fingerprint density at radius 1 is 1.25 bits per heavy atom. The van der Waals surface area contributed by atoms with E-state index < -0.39 is 12.1 Å². The number of ether oxygens (including phenoxy) is 2. The zero-order valence-corrected chi connectivity index (χ0v) is 10.4. The van der Waals surface area contributed by atoms with Crippen LogP contribution >= 0.6 is 23.2 Å². The van der Waals surface area contributed by atoms with Crippen LogP contribution in [-0.2, 0) is 9.47 Å². The Morgan fingerprint density at radius 3 is 2.19 bits per heavy atom. The highest BCUT2D eigenvalue weighted by Crippen LogP contribution is 2.31. The molecule has 1 aromatic rings. The van der Waals surface area contributed by atoms with E-state index in [0.717, 1.165) is 0 Å². The average Bonchev–Trinajstić information content (AvgIpc) is 2.22. The molecule has 0 spiro atoms. The van der Waals surface area contributed by atoms with Crippen LogP contribution in [0.3, 0.4) is 0 Å². The standard InChI is InChI=1S/C10H12Cl2FNO2/c1-15-9(16-2)5-14-10-7(11)3-6(13)4-8(10)12/h3-4,9,14H,5H2,1-2H3. The van der Waals surface area contributed by atoms with E-state index >= 15 is 0 Å². The van der Waals surface area contributed by atoms with Crippen molar-refractivity contribution >= 4 is 28.9 Å². The van der Waals surface area contributed by atoms with Crippen molar-refractivity contribution in [1.82, 2.24) is 0 Å². The fourth-order valence-electron chi connectivity index (χ4n) is 1.16. The van der Waals surface area contributed by atoms with E-state index in [0.29, 0.717) is 12.2 Å². The first kappa shape index (κ1) is 13.5. The predicted molar refractivity (Wildman–Crippen MR) is 62.7 cm³/mol. The summed E-state index contributed by atoms with van der Waals surface area (Å²) in [5, 5.41) is 3.37. The zero-order chi connectivity index (χ0) is 12.1. The second-order valence-corrected chi connectivity index (χ2v) is 3.84. The Kier molecular flexibility index (Phi) is 5.28. The summed E-state index contributed by atoms with van der Waals surface area (Å²) >= 11 is 11.7. The molecule has 0 aliphatic heterocycles. The van der Waals surface area contributed by atoms with Gasteiger partial charge in [0.15, 0.2) is 6.29 Å². The molecule has 0 unspecified atom stereocenters. The molecule has 1 aromatic carbocycles. The monoisotopic (exact) mass is 267 g/mol. The number of hydrogen-bond donors (Lipinski definition) is 1. The second kappa shape index (κ2) is 6.25. The summed E-state index contributed by atoms with van der Waals surface area (Å²) in [6.07, 6.45) is -0.419. The molecule has 0 saturated heterocycles. The van der Waals surface area contributed by atoms with Crippen LogP contribution in [-0.4, -0.2) is 27.1 Å². The summed E-state index contributed by atoms with van der Waals surface area (Å²) in [6, 6.07) is 2.37. The molecular formula is C10H12Cl2FNO2. The van der Waals surface area contributed by atoms with Gasteiger partial charge in [-0.25, -0.2) is 4.39 Å². The first-order valence-electron chi connectivity index (χ1n) is 4.52. The molecule has 3 nitrogen and oxygen atoms in total. The number of hydrogen-bond acceptors (Lipinski definition) is 3. The van der Waals surface area contributed by atoms with Gasteiger partial charge in [0, 0.05) is 14.2 Å². The third-order valence-corrected chi connectivity index (χ3v) is 2.57. The first-order valence-corrected chi connectivity index (χ1v) is 5.28. The highest BCUT2D eigenvalue weighted by Gasteiger charge is 2.10. The first-order chi connectivity index (χ1) is 7.58. The summed E-state index contributed by atoms with van der Waals surface area (Å²) in [5.74, 6) is -0.476. The number of benzene rings is 1. The fraction of sp³-hybridized carbons (Fsp3) is 0.400. The van der Waals surface area contributed by atoms with Crippen LogP contribution in [0, 0.1) is 5.82 Å². The molecule has 90 valence electrons. The number of methoxy groups -OCH3 is 2. The van der Waals surface area contributed by atoms with E-state index in [-0.39, 0.29) is 10.0 Å². The van der Waals surface area contributed by atoms with Gasteiger partial charge >= 0.3 is 0 Å². The molecule has 16 heavy (non-hydrogen) atoms. The van der Waals surface area contributed by atoms with E-state index in [1.807, 2.05) is 0 Å². The topological polar surface area (TPSA) is 30.5 Å². The van der Waals surface area contributed by atoms with Gasteiger partial charge in [0.1, 0.15) is 5.82 Å². The minimum absolute atomic E-state index is 0.218. The Bertz CT molecular complexity index is 336. The number of halogens is 3. The second-order valence-electron chi connectivity index (χ2n) is 3.03. The van der Waals surface area contributed by atoms with E-state index in [1.54, 1.807) is 0 Å². The maximum absolute atomic E-state index is 12.9. The SMILES string of the molecule is COC(CNc1c(Cl)cc(F)cc1Cl)OC. The van der Waals surface area contributed by atoms with Crippen LogP contribution in [0.5, 0.6) is 0 Å².